The zero-order chi connectivity index (χ0) is 20.9. The van der Waals surface area contributed by atoms with Gasteiger partial charge in [0.15, 0.2) is 0 Å². The number of aromatic nitrogens is 1. The van der Waals surface area contributed by atoms with Gasteiger partial charge in [-0.05, 0) is 25.3 Å². The number of nitrogens with zero attached hydrogens (tertiary/aromatic N) is 2. The third-order valence-electron chi connectivity index (χ3n) is 5.41. The molecular weight excluding hydrogens is 392 g/mol. The Hall–Kier alpha value is -2.04. The first-order chi connectivity index (χ1) is 12.8. The molecule has 1 aliphatic carbocycles. The molecule has 0 radical (unpaired) electrons. The first-order valence-electron chi connectivity index (χ1n) is 8.73. The van der Waals surface area contributed by atoms with E-state index >= 15 is 0 Å². The normalized spacial score (nSPS) is 25.7. The van der Waals surface area contributed by atoms with Crippen LogP contribution in [0.2, 0.25) is 0 Å². The fourth-order valence-corrected chi connectivity index (χ4v) is 4.19. The van der Waals surface area contributed by atoms with E-state index in [1.807, 2.05) is 0 Å². The number of alkyl halides is 6. The summed E-state index contributed by atoms with van der Waals surface area (Å²) in [6.07, 6.45) is -10.5. The van der Waals surface area contributed by atoms with Crippen molar-refractivity contribution >= 4 is 5.91 Å². The average molecular weight is 411 g/mol. The molecule has 2 aliphatic rings. The summed E-state index contributed by atoms with van der Waals surface area (Å²) in [6.45, 7) is -0.481. The number of hydrogen-bond acceptors (Lipinski definition) is 3. The molecule has 28 heavy (non-hydrogen) atoms. The summed E-state index contributed by atoms with van der Waals surface area (Å²) in [6, 6.07) is 0.697. The van der Waals surface area contributed by atoms with E-state index in [9.17, 15) is 35.9 Å². The molecule has 3 rings (SSSR count). The summed E-state index contributed by atoms with van der Waals surface area (Å²) < 4.78 is 79.3. The molecule has 1 aromatic rings. The Morgan fingerprint density at radius 2 is 1.86 bits per heavy atom. The molecule has 2 N–H and O–H groups in total. The van der Waals surface area contributed by atoms with E-state index in [1.165, 1.54) is 0 Å². The second kappa shape index (κ2) is 6.78. The van der Waals surface area contributed by atoms with Crippen molar-refractivity contribution in [2.24, 2.45) is 11.1 Å². The van der Waals surface area contributed by atoms with Gasteiger partial charge in [0.1, 0.15) is 0 Å². The van der Waals surface area contributed by atoms with Crippen molar-refractivity contribution in [2.75, 3.05) is 6.54 Å². The Labute approximate surface area is 156 Å². The molecule has 11 heteroatoms. The standard InChI is InChI=1S/C17H19F6N3O2/c18-16(19,20)9-15(2-1-11(24)7-15)14(28)25-3-4-26-12(8-25)5-10(6-13(26)27)17(21,22)23/h5-6,11H,1-4,7-9,24H2/t11-,15+/m1/s1. The number of carbonyl (C=O) groups excluding carboxylic acids is 1. The van der Waals surface area contributed by atoms with Gasteiger partial charge in [0.05, 0.1) is 23.9 Å². The van der Waals surface area contributed by atoms with Crippen molar-refractivity contribution in [1.29, 1.82) is 0 Å². The number of fused-ring (bicyclic) bond motifs is 1. The van der Waals surface area contributed by atoms with Crippen LogP contribution >= 0.6 is 0 Å². The quantitative estimate of drug-likeness (QED) is 0.761. The smallest absolute Gasteiger partial charge is 0.335 e. The molecule has 1 aromatic heterocycles. The summed E-state index contributed by atoms with van der Waals surface area (Å²) in [5, 5.41) is 0. The van der Waals surface area contributed by atoms with E-state index in [-0.39, 0.29) is 44.6 Å². The van der Waals surface area contributed by atoms with Crippen LogP contribution in [0.5, 0.6) is 0 Å². The van der Waals surface area contributed by atoms with Crippen LogP contribution in [0.15, 0.2) is 16.9 Å². The van der Waals surface area contributed by atoms with E-state index in [1.54, 1.807) is 0 Å². The molecule has 1 saturated carbocycles. The van der Waals surface area contributed by atoms with Crippen LogP contribution in [0.1, 0.15) is 36.9 Å². The van der Waals surface area contributed by atoms with E-state index in [0.717, 1.165) is 15.5 Å². The van der Waals surface area contributed by atoms with E-state index in [4.69, 9.17) is 5.73 Å². The van der Waals surface area contributed by atoms with Gasteiger partial charge in [0.2, 0.25) is 5.91 Å². The highest BCUT2D eigenvalue weighted by atomic mass is 19.4. The van der Waals surface area contributed by atoms with Crippen molar-refractivity contribution in [3.8, 4) is 0 Å². The minimum atomic E-state index is -4.74. The Morgan fingerprint density at radius 1 is 1.18 bits per heavy atom. The molecule has 1 aliphatic heterocycles. The van der Waals surface area contributed by atoms with Crippen LogP contribution in [0.25, 0.3) is 0 Å². The Bertz CT molecular complexity index is 832. The summed E-state index contributed by atoms with van der Waals surface area (Å²) >= 11 is 0. The van der Waals surface area contributed by atoms with Gasteiger partial charge in [-0.2, -0.15) is 26.3 Å². The lowest BCUT2D eigenvalue weighted by Gasteiger charge is -2.38. The van der Waals surface area contributed by atoms with Gasteiger partial charge in [-0.3, -0.25) is 9.59 Å². The van der Waals surface area contributed by atoms with Crippen molar-refractivity contribution in [1.82, 2.24) is 9.47 Å². The zero-order valence-electron chi connectivity index (χ0n) is 14.7. The molecule has 1 amide bonds. The van der Waals surface area contributed by atoms with Crippen molar-refractivity contribution in [2.45, 2.75) is 57.2 Å². The maximum absolute atomic E-state index is 13.1. The molecule has 1 fully saturated rings. The fourth-order valence-electron chi connectivity index (χ4n) is 4.19. The minimum Gasteiger partial charge on any atom is -0.335 e. The summed E-state index contributed by atoms with van der Waals surface area (Å²) in [5.41, 5.74) is 1.99. The monoisotopic (exact) mass is 411 g/mol. The highest BCUT2D eigenvalue weighted by Gasteiger charge is 2.52. The lowest BCUT2D eigenvalue weighted by molar-refractivity contribution is -0.175. The highest BCUT2D eigenvalue weighted by molar-refractivity contribution is 5.83. The number of nitrogens with two attached hydrogens (primary N) is 1. The van der Waals surface area contributed by atoms with E-state index < -0.39 is 47.3 Å². The fraction of sp³-hybridized carbons (Fsp3) is 0.647. The second-order valence-corrected chi connectivity index (χ2v) is 7.52. The van der Waals surface area contributed by atoms with Crippen LogP contribution in [0, 0.1) is 5.41 Å². The molecule has 0 saturated heterocycles. The van der Waals surface area contributed by atoms with Gasteiger partial charge in [-0.25, -0.2) is 0 Å². The Balaban J connectivity index is 1.91. The minimum absolute atomic E-state index is 0.0294. The number of carbonyl (C=O) groups is 1. The molecular formula is C17H19F6N3O2. The number of pyridine rings is 1. The van der Waals surface area contributed by atoms with Gasteiger partial charge < -0.3 is 15.2 Å². The average Bonchev–Trinajstić information content (AvgIpc) is 2.92. The molecule has 0 unspecified atom stereocenters. The van der Waals surface area contributed by atoms with E-state index in [2.05, 4.69) is 0 Å². The van der Waals surface area contributed by atoms with Gasteiger partial charge in [-0.15, -0.1) is 0 Å². The summed E-state index contributed by atoms with van der Waals surface area (Å²) in [7, 11) is 0. The molecule has 5 nitrogen and oxygen atoms in total. The third kappa shape index (κ3) is 4.03. The topological polar surface area (TPSA) is 68.3 Å². The molecule has 0 bridgehead atoms. The maximum atomic E-state index is 13.1. The summed E-state index contributed by atoms with van der Waals surface area (Å²) in [4.78, 5) is 26.0. The lowest BCUT2D eigenvalue weighted by atomic mass is 9.80. The Morgan fingerprint density at radius 3 is 2.39 bits per heavy atom. The number of amides is 1. The van der Waals surface area contributed by atoms with Crippen molar-refractivity contribution in [3.63, 3.8) is 0 Å². The largest absolute Gasteiger partial charge is 0.416 e. The number of rotatable bonds is 2. The van der Waals surface area contributed by atoms with Crippen LogP contribution in [-0.4, -0.2) is 34.1 Å². The van der Waals surface area contributed by atoms with E-state index in [0.29, 0.717) is 6.07 Å². The SMILES string of the molecule is N[C@@H]1CC[C@](CC(F)(F)F)(C(=O)N2CCn3c(cc(C(F)(F)F)cc3=O)C2)C1. The number of hydrogen-bond donors (Lipinski definition) is 1. The van der Waals surface area contributed by atoms with Gasteiger partial charge in [0.25, 0.3) is 5.56 Å². The molecule has 156 valence electrons. The van der Waals surface area contributed by atoms with Crippen molar-refractivity contribution < 1.29 is 31.1 Å². The molecule has 2 heterocycles. The Kier molecular flexibility index (Phi) is 5.01. The lowest BCUT2D eigenvalue weighted by Crippen LogP contribution is -2.49. The summed E-state index contributed by atoms with van der Waals surface area (Å²) in [5.74, 6) is -0.770. The maximum Gasteiger partial charge on any atom is 0.416 e. The van der Waals surface area contributed by atoms with Crippen LogP contribution in [0.4, 0.5) is 26.3 Å². The van der Waals surface area contributed by atoms with Gasteiger partial charge in [0, 0.05) is 30.9 Å². The molecule has 2 atom stereocenters. The predicted molar refractivity (Wildman–Crippen MR) is 86.1 cm³/mol. The highest BCUT2D eigenvalue weighted by Crippen LogP contribution is 2.47. The first-order valence-corrected chi connectivity index (χ1v) is 8.73. The van der Waals surface area contributed by atoms with Gasteiger partial charge >= 0.3 is 12.4 Å². The predicted octanol–water partition coefficient (Wildman–Crippen LogP) is 2.66. The second-order valence-electron chi connectivity index (χ2n) is 7.52. The van der Waals surface area contributed by atoms with Crippen LogP contribution in [-0.2, 0) is 24.1 Å². The van der Waals surface area contributed by atoms with Crippen LogP contribution in [0.3, 0.4) is 0 Å². The zero-order valence-corrected chi connectivity index (χ0v) is 14.7. The number of halogens is 6. The third-order valence-corrected chi connectivity index (χ3v) is 5.41. The first kappa shape index (κ1) is 20.7. The van der Waals surface area contributed by atoms with Crippen molar-refractivity contribution in [3.05, 3.63) is 33.7 Å². The molecule has 0 spiro atoms. The van der Waals surface area contributed by atoms with Gasteiger partial charge in [-0.1, -0.05) is 0 Å². The van der Waals surface area contributed by atoms with Crippen LogP contribution < -0.4 is 11.3 Å². The molecule has 0 aromatic carbocycles.